The highest BCUT2D eigenvalue weighted by atomic mass is 79.9. The van der Waals surface area contributed by atoms with Gasteiger partial charge in [0.25, 0.3) is 0 Å². The number of hydrogen-bond acceptors (Lipinski definition) is 5. The zero-order valence-corrected chi connectivity index (χ0v) is 12.0. The van der Waals surface area contributed by atoms with Crippen molar-refractivity contribution in [3.63, 3.8) is 0 Å². The number of nitrogens with two attached hydrogens (primary N) is 1. The number of ether oxygens (including phenoxy) is 1. The van der Waals surface area contributed by atoms with Crippen molar-refractivity contribution in [2.45, 2.75) is 6.42 Å². The maximum Gasteiger partial charge on any atom is 0.307 e. The van der Waals surface area contributed by atoms with E-state index in [2.05, 4.69) is 31.0 Å². The Morgan fingerprint density at radius 3 is 3.00 bits per heavy atom. The number of rotatable bonds is 4. The number of carbonyl (C=O) groups excluding carboxylic acids is 1. The topological polar surface area (TPSA) is 77.2 Å². The van der Waals surface area contributed by atoms with Gasteiger partial charge < -0.3 is 15.8 Å². The molecule has 1 aromatic heterocycles. The Labute approximate surface area is 119 Å². The van der Waals surface area contributed by atoms with Gasteiger partial charge in [0, 0.05) is 33.7 Å². The number of nitrogens with one attached hydrogen (secondary N) is 1. The summed E-state index contributed by atoms with van der Waals surface area (Å²) in [4.78, 5) is 15.4. The molecule has 0 saturated carbocycles. The molecule has 0 aliphatic heterocycles. The Hall–Kier alpha value is -1.82. The number of fused-ring (bicyclic) bond motifs is 1. The summed E-state index contributed by atoms with van der Waals surface area (Å²) in [5.74, 6) is 0.447. The molecule has 0 amide bonds. The van der Waals surface area contributed by atoms with Crippen LogP contribution < -0.4 is 11.1 Å². The first-order valence-corrected chi connectivity index (χ1v) is 6.55. The number of aromatic nitrogens is 1. The fraction of sp³-hybridized carbons (Fsp3) is 0.231. The van der Waals surface area contributed by atoms with Crippen LogP contribution in [0.3, 0.4) is 0 Å². The van der Waals surface area contributed by atoms with Crippen LogP contribution in [0.15, 0.2) is 28.9 Å². The van der Waals surface area contributed by atoms with Crippen LogP contribution in [-0.4, -0.2) is 24.6 Å². The Kier molecular flexibility index (Phi) is 4.21. The first-order chi connectivity index (χ1) is 9.11. The monoisotopic (exact) mass is 323 g/mol. The highest BCUT2D eigenvalue weighted by Gasteiger charge is 2.07. The lowest BCUT2D eigenvalue weighted by Crippen LogP contribution is -2.10. The molecule has 100 valence electrons. The van der Waals surface area contributed by atoms with E-state index in [1.165, 1.54) is 7.11 Å². The molecule has 19 heavy (non-hydrogen) atoms. The predicted octanol–water partition coefficient (Wildman–Crippen LogP) is 2.55. The molecule has 2 aromatic rings. The van der Waals surface area contributed by atoms with Crippen molar-refractivity contribution in [1.82, 2.24) is 4.98 Å². The molecule has 3 N–H and O–H groups in total. The van der Waals surface area contributed by atoms with Gasteiger partial charge in [-0.2, -0.15) is 0 Å². The van der Waals surface area contributed by atoms with E-state index in [0.717, 1.165) is 15.2 Å². The van der Waals surface area contributed by atoms with E-state index in [0.29, 0.717) is 18.1 Å². The number of methoxy groups -OCH3 is 1. The van der Waals surface area contributed by atoms with Crippen LogP contribution in [0.5, 0.6) is 0 Å². The van der Waals surface area contributed by atoms with Gasteiger partial charge in [-0.1, -0.05) is 6.07 Å². The Bertz CT molecular complexity index is 616. The molecule has 0 aliphatic rings. The second kappa shape index (κ2) is 5.88. The number of nitrogens with zero attached hydrogens (tertiary/aromatic N) is 1. The largest absolute Gasteiger partial charge is 0.469 e. The quantitative estimate of drug-likeness (QED) is 0.668. The maximum atomic E-state index is 11.1. The zero-order chi connectivity index (χ0) is 13.8. The SMILES string of the molecule is COC(=O)CCNc1ncc(Br)c2ccc(N)cc12. The highest BCUT2D eigenvalue weighted by molar-refractivity contribution is 9.10. The van der Waals surface area contributed by atoms with Crippen molar-refractivity contribution >= 4 is 44.2 Å². The molecule has 6 heteroatoms. The summed E-state index contributed by atoms with van der Waals surface area (Å²) in [6, 6.07) is 5.63. The molecule has 0 spiro atoms. The van der Waals surface area contributed by atoms with Crippen molar-refractivity contribution in [2.24, 2.45) is 0 Å². The minimum atomic E-state index is -0.256. The molecular formula is C13H14BrN3O2. The Morgan fingerprint density at radius 2 is 2.26 bits per heavy atom. The lowest BCUT2D eigenvalue weighted by molar-refractivity contribution is -0.140. The summed E-state index contributed by atoms with van der Waals surface area (Å²) >= 11 is 3.45. The standard InChI is InChI=1S/C13H14BrN3O2/c1-19-12(18)4-5-16-13-10-6-8(15)2-3-9(10)11(14)7-17-13/h2-3,6-7H,4-5,15H2,1H3,(H,16,17). The van der Waals surface area contributed by atoms with Gasteiger partial charge in [-0.3, -0.25) is 4.79 Å². The first kappa shape index (κ1) is 13.6. The average molecular weight is 324 g/mol. The molecule has 0 unspecified atom stereocenters. The van der Waals surface area contributed by atoms with Crippen LogP contribution in [0, 0.1) is 0 Å². The zero-order valence-electron chi connectivity index (χ0n) is 10.4. The third kappa shape index (κ3) is 3.14. The van der Waals surface area contributed by atoms with E-state index < -0.39 is 0 Å². The van der Waals surface area contributed by atoms with Gasteiger partial charge in [-0.25, -0.2) is 4.98 Å². The number of nitrogen functional groups attached to an aromatic ring is 1. The summed E-state index contributed by atoms with van der Waals surface area (Å²) in [5, 5.41) is 5.05. The van der Waals surface area contributed by atoms with E-state index in [1.807, 2.05) is 18.2 Å². The summed E-state index contributed by atoms with van der Waals surface area (Å²) in [7, 11) is 1.37. The van der Waals surface area contributed by atoms with Crippen LogP contribution in [0.1, 0.15) is 6.42 Å². The van der Waals surface area contributed by atoms with Crippen molar-refractivity contribution in [3.8, 4) is 0 Å². The molecule has 0 aliphatic carbocycles. The highest BCUT2D eigenvalue weighted by Crippen LogP contribution is 2.29. The fourth-order valence-corrected chi connectivity index (χ4v) is 2.20. The minimum Gasteiger partial charge on any atom is -0.469 e. The maximum absolute atomic E-state index is 11.1. The van der Waals surface area contributed by atoms with E-state index in [-0.39, 0.29) is 12.4 Å². The van der Waals surface area contributed by atoms with E-state index in [9.17, 15) is 4.79 Å². The lowest BCUT2D eigenvalue weighted by Gasteiger charge is -2.10. The van der Waals surface area contributed by atoms with E-state index in [4.69, 9.17) is 5.73 Å². The number of benzene rings is 1. The fourth-order valence-electron chi connectivity index (χ4n) is 1.75. The summed E-state index contributed by atoms with van der Waals surface area (Å²) < 4.78 is 5.49. The van der Waals surface area contributed by atoms with E-state index in [1.54, 1.807) is 6.20 Å². The molecule has 2 rings (SSSR count). The minimum absolute atomic E-state index is 0.256. The van der Waals surface area contributed by atoms with Gasteiger partial charge in [0.05, 0.1) is 13.5 Å². The number of pyridine rings is 1. The third-order valence-electron chi connectivity index (χ3n) is 2.71. The van der Waals surface area contributed by atoms with Gasteiger partial charge in [-0.05, 0) is 28.1 Å². The second-order valence-electron chi connectivity index (χ2n) is 4.01. The van der Waals surface area contributed by atoms with E-state index >= 15 is 0 Å². The number of esters is 1. The second-order valence-corrected chi connectivity index (χ2v) is 4.87. The van der Waals surface area contributed by atoms with Crippen molar-refractivity contribution in [1.29, 1.82) is 0 Å². The van der Waals surface area contributed by atoms with Gasteiger partial charge in [0.1, 0.15) is 5.82 Å². The van der Waals surface area contributed by atoms with Crippen molar-refractivity contribution in [3.05, 3.63) is 28.9 Å². The number of halogens is 1. The molecule has 5 nitrogen and oxygen atoms in total. The first-order valence-electron chi connectivity index (χ1n) is 5.76. The van der Waals surface area contributed by atoms with Crippen molar-refractivity contribution < 1.29 is 9.53 Å². The third-order valence-corrected chi connectivity index (χ3v) is 3.34. The Morgan fingerprint density at radius 1 is 1.47 bits per heavy atom. The molecule has 1 heterocycles. The molecule has 0 radical (unpaired) electrons. The lowest BCUT2D eigenvalue weighted by atomic mass is 10.1. The molecule has 0 saturated heterocycles. The van der Waals surface area contributed by atoms with Gasteiger partial charge in [0.15, 0.2) is 0 Å². The molecular weight excluding hydrogens is 310 g/mol. The Balaban J connectivity index is 2.25. The van der Waals surface area contributed by atoms with Gasteiger partial charge in [0.2, 0.25) is 0 Å². The van der Waals surface area contributed by atoms with Gasteiger partial charge in [-0.15, -0.1) is 0 Å². The van der Waals surface area contributed by atoms with Crippen LogP contribution >= 0.6 is 15.9 Å². The number of carbonyl (C=O) groups is 1. The molecule has 0 bridgehead atoms. The van der Waals surface area contributed by atoms with Crippen LogP contribution in [0.4, 0.5) is 11.5 Å². The van der Waals surface area contributed by atoms with Crippen LogP contribution in [0.25, 0.3) is 10.8 Å². The molecule has 0 atom stereocenters. The number of anilines is 2. The van der Waals surface area contributed by atoms with Gasteiger partial charge >= 0.3 is 5.97 Å². The summed E-state index contributed by atoms with van der Waals surface area (Å²) in [6.45, 7) is 0.463. The summed E-state index contributed by atoms with van der Waals surface area (Å²) in [5.41, 5.74) is 6.47. The summed E-state index contributed by atoms with van der Waals surface area (Å²) in [6.07, 6.45) is 2.01. The van der Waals surface area contributed by atoms with Crippen LogP contribution in [-0.2, 0) is 9.53 Å². The van der Waals surface area contributed by atoms with Crippen LogP contribution in [0.2, 0.25) is 0 Å². The smallest absolute Gasteiger partial charge is 0.307 e. The van der Waals surface area contributed by atoms with Crippen molar-refractivity contribution in [2.75, 3.05) is 24.7 Å². The number of hydrogen-bond donors (Lipinski definition) is 2. The average Bonchev–Trinajstić information content (AvgIpc) is 2.41. The molecule has 0 fully saturated rings. The predicted molar refractivity (Wildman–Crippen MR) is 79.0 cm³/mol. The molecule has 1 aromatic carbocycles. The normalized spacial score (nSPS) is 10.4.